The topological polar surface area (TPSA) is 103 Å². The average molecular weight is 439 g/mol. The minimum atomic E-state index is -3.47. The maximum atomic E-state index is 12.6. The monoisotopic (exact) mass is 438 g/mol. The first-order valence-electron chi connectivity index (χ1n) is 9.30. The molecule has 3 unspecified atom stereocenters. The summed E-state index contributed by atoms with van der Waals surface area (Å²) in [5.74, 6) is 1.43. The number of aromatic nitrogens is 3. The van der Waals surface area contributed by atoms with Crippen LogP contribution in [0.2, 0.25) is 0 Å². The Balaban J connectivity index is 1.70. The van der Waals surface area contributed by atoms with E-state index in [1.165, 1.54) is 23.4 Å². The molecule has 10 heteroatoms. The molecule has 1 aromatic carbocycles. The quantitative estimate of drug-likeness (QED) is 0.624. The third-order valence-corrected chi connectivity index (χ3v) is 7.79. The number of ether oxygens (including phenoxy) is 1. The van der Waals surface area contributed by atoms with Crippen molar-refractivity contribution in [3.63, 3.8) is 0 Å². The smallest absolute Gasteiger partial charge is 0.181 e. The van der Waals surface area contributed by atoms with Crippen LogP contribution in [-0.4, -0.2) is 60.4 Å². The summed E-state index contributed by atoms with van der Waals surface area (Å²) < 4.78 is 31.7. The molecule has 29 heavy (non-hydrogen) atoms. The van der Waals surface area contributed by atoms with E-state index in [4.69, 9.17) is 4.74 Å². The van der Waals surface area contributed by atoms with Gasteiger partial charge >= 0.3 is 0 Å². The average Bonchev–Trinajstić information content (AvgIpc) is 3.27. The van der Waals surface area contributed by atoms with Crippen LogP contribution < -0.4 is 10.1 Å². The van der Waals surface area contributed by atoms with Crippen molar-refractivity contribution in [2.75, 3.05) is 19.9 Å². The zero-order valence-corrected chi connectivity index (χ0v) is 18.6. The number of methoxy groups -OCH3 is 1. The Labute approximate surface area is 175 Å². The van der Waals surface area contributed by atoms with Gasteiger partial charge in [0.05, 0.1) is 12.8 Å². The summed E-state index contributed by atoms with van der Waals surface area (Å²) in [6.45, 7) is 3.79. The lowest BCUT2D eigenvalue weighted by molar-refractivity contribution is 0.101. The zero-order valence-electron chi connectivity index (χ0n) is 17.0. The lowest BCUT2D eigenvalue weighted by Crippen LogP contribution is -2.38. The summed E-state index contributed by atoms with van der Waals surface area (Å²) in [5.41, 5.74) is 1.88. The van der Waals surface area contributed by atoms with E-state index in [1.807, 2.05) is 24.3 Å². The Morgan fingerprint density at radius 2 is 2.07 bits per heavy atom. The van der Waals surface area contributed by atoms with Crippen molar-refractivity contribution in [2.45, 2.75) is 42.7 Å². The predicted molar refractivity (Wildman–Crippen MR) is 113 cm³/mol. The van der Waals surface area contributed by atoms with Gasteiger partial charge in [0.15, 0.2) is 26.7 Å². The van der Waals surface area contributed by atoms with Gasteiger partial charge < -0.3 is 10.1 Å². The first kappa shape index (κ1) is 21.8. The molecule has 1 N–H and O–H groups in total. The maximum Gasteiger partial charge on any atom is 0.181 e. The fraction of sp³-hybridized carbons (Fsp3) is 0.526. The number of ketones is 1. The molecule has 0 radical (unpaired) electrons. The van der Waals surface area contributed by atoms with Crippen LogP contribution in [0.5, 0.6) is 5.75 Å². The Bertz CT molecular complexity index is 973. The minimum Gasteiger partial charge on any atom is -0.497 e. The van der Waals surface area contributed by atoms with Crippen LogP contribution in [0.1, 0.15) is 40.5 Å². The number of nitrogens with zero attached hydrogens (tertiary/aromatic N) is 3. The van der Waals surface area contributed by atoms with E-state index in [9.17, 15) is 13.2 Å². The Kier molecular flexibility index (Phi) is 6.65. The van der Waals surface area contributed by atoms with Crippen LogP contribution in [0.25, 0.3) is 0 Å². The van der Waals surface area contributed by atoms with Gasteiger partial charge in [-0.15, -0.1) is 5.10 Å². The van der Waals surface area contributed by atoms with Gasteiger partial charge in [0.25, 0.3) is 0 Å². The number of hydrogen-bond acceptors (Lipinski definition) is 8. The van der Waals surface area contributed by atoms with E-state index in [-0.39, 0.29) is 22.8 Å². The van der Waals surface area contributed by atoms with E-state index in [1.54, 1.807) is 25.8 Å². The molecule has 8 nitrogen and oxygen atoms in total. The van der Waals surface area contributed by atoms with Gasteiger partial charge in [0.2, 0.25) is 0 Å². The number of Topliss-reactive ketones (excluding diaryl/α,β-unsaturated/α-hetero) is 1. The molecule has 1 aliphatic heterocycles. The molecule has 3 atom stereocenters. The fourth-order valence-electron chi connectivity index (χ4n) is 3.57. The largest absolute Gasteiger partial charge is 0.497 e. The number of carbonyl (C=O) groups excluding carboxylic acids is 1. The molecular formula is C19H26N4O4S2. The molecule has 0 amide bonds. The molecule has 1 fully saturated rings. The number of rotatable bonds is 8. The standard InChI is InChI=1S/C19H26N4O4S2/c1-12-18(13(2)24)21-22-23(12)19(29(4,25)26)17-9-16(10-20-17)28-11-14-5-7-15(27-3)8-6-14/h5-8,16-17,19-20H,9-11H2,1-4H3. The molecule has 0 saturated carbocycles. The molecule has 1 aromatic heterocycles. The number of sulfone groups is 1. The molecule has 2 aromatic rings. The highest BCUT2D eigenvalue weighted by atomic mass is 32.2. The van der Waals surface area contributed by atoms with Gasteiger partial charge in [-0.25, -0.2) is 13.1 Å². The highest BCUT2D eigenvalue weighted by molar-refractivity contribution is 7.99. The van der Waals surface area contributed by atoms with E-state index in [0.29, 0.717) is 18.7 Å². The third kappa shape index (κ3) is 4.99. The van der Waals surface area contributed by atoms with Crippen LogP contribution >= 0.6 is 11.8 Å². The molecular weight excluding hydrogens is 412 g/mol. The van der Waals surface area contributed by atoms with Gasteiger partial charge in [-0.3, -0.25) is 4.79 Å². The second-order valence-corrected chi connectivity index (χ2v) is 10.7. The lowest BCUT2D eigenvalue weighted by atomic mass is 10.2. The van der Waals surface area contributed by atoms with E-state index < -0.39 is 15.2 Å². The van der Waals surface area contributed by atoms with Crippen LogP contribution in [0, 0.1) is 6.92 Å². The van der Waals surface area contributed by atoms with Crippen molar-refractivity contribution in [1.82, 2.24) is 20.3 Å². The summed E-state index contributed by atoms with van der Waals surface area (Å²) in [5, 5.41) is 10.6. The molecule has 3 rings (SSSR count). The minimum absolute atomic E-state index is 0.210. The molecule has 0 bridgehead atoms. The van der Waals surface area contributed by atoms with Crippen molar-refractivity contribution >= 4 is 27.4 Å². The van der Waals surface area contributed by atoms with Crippen molar-refractivity contribution in [3.05, 3.63) is 41.2 Å². The summed E-state index contributed by atoms with van der Waals surface area (Å²) in [6, 6.07) is 7.65. The van der Waals surface area contributed by atoms with Crippen LogP contribution in [0.4, 0.5) is 0 Å². The maximum absolute atomic E-state index is 12.6. The van der Waals surface area contributed by atoms with Crippen molar-refractivity contribution in [3.8, 4) is 5.75 Å². The van der Waals surface area contributed by atoms with Gasteiger partial charge in [-0.05, 0) is 31.0 Å². The van der Waals surface area contributed by atoms with Crippen LogP contribution in [0.3, 0.4) is 0 Å². The number of nitrogens with one attached hydrogen (secondary N) is 1. The molecule has 1 saturated heterocycles. The first-order valence-corrected chi connectivity index (χ1v) is 12.3. The van der Waals surface area contributed by atoms with Gasteiger partial charge in [0, 0.05) is 36.8 Å². The molecule has 1 aliphatic rings. The van der Waals surface area contributed by atoms with Crippen LogP contribution in [-0.2, 0) is 15.6 Å². The molecule has 2 heterocycles. The van der Waals surface area contributed by atoms with Gasteiger partial charge in [-0.2, -0.15) is 11.8 Å². The highest BCUT2D eigenvalue weighted by Crippen LogP contribution is 2.32. The molecule has 0 spiro atoms. The van der Waals surface area contributed by atoms with Crippen LogP contribution in [0.15, 0.2) is 24.3 Å². The van der Waals surface area contributed by atoms with Crippen molar-refractivity contribution < 1.29 is 17.9 Å². The van der Waals surface area contributed by atoms with Gasteiger partial charge in [0.1, 0.15) is 5.75 Å². The summed E-state index contributed by atoms with van der Waals surface area (Å²) >= 11 is 1.79. The second kappa shape index (κ2) is 8.85. The van der Waals surface area contributed by atoms with Gasteiger partial charge in [-0.1, -0.05) is 17.3 Å². The first-order chi connectivity index (χ1) is 13.7. The fourth-order valence-corrected chi connectivity index (χ4v) is 6.12. The third-order valence-electron chi connectivity index (χ3n) is 5.05. The molecule has 158 valence electrons. The van der Waals surface area contributed by atoms with Crippen molar-refractivity contribution in [1.29, 1.82) is 0 Å². The van der Waals surface area contributed by atoms with E-state index in [2.05, 4.69) is 15.6 Å². The van der Waals surface area contributed by atoms with Crippen molar-refractivity contribution in [2.24, 2.45) is 0 Å². The number of thioether (sulfide) groups is 1. The summed E-state index contributed by atoms with van der Waals surface area (Å²) in [4.78, 5) is 11.7. The lowest BCUT2D eigenvalue weighted by Gasteiger charge is -2.23. The molecule has 0 aliphatic carbocycles. The van der Waals surface area contributed by atoms with E-state index >= 15 is 0 Å². The predicted octanol–water partition coefficient (Wildman–Crippen LogP) is 2.00. The number of carbonyl (C=O) groups is 1. The SMILES string of the molecule is COc1ccc(CSC2CNC(C(n3nnc(C(C)=O)c3C)S(C)(=O)=O)C2)cc1. The number of benzene rings is 1. The highest BCUT2D eigenvalue weighted by Gasteiger charge is 2.39. The van der Waals surface area contributed by atoms with E-state index in [0.717, 1.165) is 11.5 Å². The Morgan fingerprint density at radius 1 is 1.38 bits per heavy atom. The Hall–Kier alpha value is -1.91. The second-order valence-electron chi connectivity index (χ2n) is 7.28. The normalized spacial score (nSPS) is 20.6. The number of hydrogen-bond donors (Lipinski definition) is 1. The summed E-state index contributed by atoms with van der Waals surface area (Å²) in [7, 11) is -1.83. The summed E-state index contributed by atoms with van der Waals surface area (Å²) in [6.07, 6.45) is 1.89. The Morgan fingerprint density at radius 3 is 2.62 bits per heavy atom. The zero-order chi connectivity index (χ0) is 21.2.